The van der Waals surface area contributed by atoms with E-state index in [4.69, 9.17) is 19.2 Å². The lowest BCUT2D eigenvalue weighted by Crippen LogP contribution is -2.38. The van der Waals surface area contributed by atoms with Gasteiger partial charge in [-0.3, -0.25) is 0 Å². The third-order valence-corrected chi connectivity index (χ3v) is 5.31. The van der Waals surface area contributed by atoms with Crippen molar-refractivity contribution in [3.63, 3.8) is 0 Å². The molecule has 0 bridgehead atoms. The van der Waals surface area contributed by atoms with Crippen LogP contribution in [-0.2, 0) is 17.7 Å². The molecule has 31 heavy (non-hydrogen) atoms. The van der Waals surface area contributed by atoms with E-state index in [-0.39, 0.29) is 0 Å². The molecule has 0 radical (unpaired) electrons. The lowest BCUT2D eigenvalue weighted by atomic mass is 10.1. The van der Waals surface area contributed by atoms with Crippen molar-refractivity contribution in [1.82, 2.24) is 10.6 Å². The van der Waals surface area contributed by atoms with E-state index in [9.17, 15) is 0 Å². The average molecular weight is 426 g/mol. The van der Waals surface area contributed by atoms with Crippen LogP contribution in [0.4, 0.5) is 0 Å². The fourth-order valence-electron chi connectivity index (χ4n) is 3.51. The van der Waals surface area contributed by atoms with Crippen LogP contribution in [0, 0.1) is 12.8 Å². The van der Waals surface area contributed by atoms with Crippen molar-refractivity contribution in [3.05, 3.63) is 59.2 Å². The molecule has 2 aromatic rings. The molecule has 1 aliphatic rings. The molecule has 0 amide bonds. The van der Waals surface area contributed by atoms with E-state index < -0.39 is 0 Å². The van der Waals surface area contributed by atoms with Crippen LogP contribution in [0.25, 0.3) is 0 Å². The lowest BCUT2D eigenvalue weighted by molar-refractivity contribution is 0.166. The molecule has 1 unspecified atom stereocenters. The van der Waals surface area contributed by atoms with Crippen molar-refractivity contribution in [2.75, 3.05) is 40.0 Å². The first-order valence-corrected chi connectivity index (χ1v) is 11.1. The molecule has 3 rings (SSSR count). The van der Waals surface area contributed by atoms with Gasteiger partial charge in [-0.1, -0.05) is 24.3 Å². The highest BCUT2D eigenvalue weighted by Gasteiger charge is 2.17. The third-order valence-electron chi connectivity index (χ3n) is 5.31. The zero-order valence-corrected chi connectivity index (χ0v) is 18.9. The van der Waals surface area contributed by atoms with Crippen LogP contribution in [0.1, 0.15) is 30.0 Å². The van der Waals surface area contributed by atoms with E-state index in [0.29, 0.717) is 19.1 Å². The third kappa shape index (κ3) is 7.47. The largest absolute Gasteiger partial charge is 0.497 e. The van der Waals surface area contributed by atoms with Crippen molar-refractivity contribution in [1.29, 1.82) is 0 Å². The zero-order valence-electron chi connectivity index (χ0n) is 18.9. The van der Waals surface area contributed by atoms with E-state index in [2.05, 4.69) is 54.8 Å². The normalized spacial score (nSPS) is 16.2. The molecule has 0 aliphatic carbocycles. The number of guanidine groups is 1. The second-order valence-electron chi connectivity index (χ2n) is 7.88. The summed E-state index contributed by atoms with van der Waals surface area (Å²) in [6.07, 6.45) is 1.96. The molecular formula is C25H35N3O3. The molecule has 2 N–H and O–H groups in total. The molecule has 1 atom stereocenters. The van der Waals surface area contributed by atoms with Crippen LogP contribution < -0.4 is 20.1 Å². The first-order chi connectivity index (χ1) is 15.2. The minimum Gasteiger partial charge on any atom is -0.497 e. The van der Waals surface area contributed by atoms with Crippen molar-refractivity contribution in [2.24, 2.45) is 10.9 Å². The number of aryl methyl sites for hydroxylation is 1. The Labute approximate surface area is 186 Å². The highest BCUT2D eigenvalue weighted by atomic mass is 16.5. The Kier molecular flexibility index (Phi) is 9.03. The van der Waals surface area contributed by atoms with Crippen LogP contribution in [0.15, 0.2) is 47.5 Å². The molecule has 1 heterocycles. The standard InChI is InChI=1S/C25H35N3O3/c1-4-26-25(27-12-10-20-6-5-7-23(15-20)29-3)28-16-22-9-8-19(2)14-24(22)31-18-21-11-13-30-17-21/h5-9,14-15,21H,4,10-13,16-18H2,1-3H3,(H2,26,27,28). The van der Waals surface area contributed by atoms with E-state index in [1.807, 2.05) is 12.1 Å². The summed E-state index contributed by atoms with van der Waals surface area (Å²) < 4.78 is 16.9. The lowest BCUT2D eigenvalue weighted by Gasteiger charge is -2.15. The van der Waals surface area contributed by atoms with Gasteiger partial charge in [-0.25, -0.2) is 4.99 Å². The Balaban J connectivity index is 1.58. The van der Waals surface area contributed by atoms with Crippen LogP contribution in [0.3, 0.4) is 0 Å². The molecule has 1 aliphatic heterocycles. The predicted molar refractivity (Wildman–Crippen MR) is 125 cm³/mol. The monoisotopic (exact) mass is 425 g/mol. The number of nitrogens with one attached hydrogen (secondary N) is 2. The Bertz CT molecular complexity index is 848. The molecule has 6 nitrogen and oxygen atoms in total. The summed E-state index contributed by atoms with van der Waals surface area (Å²) in [5, 5.41) is 6.75. The number of methoxy groups -OCH3 is 1. The van der Waals surface area contributed by atoms with Crippen LogP contribution in [-0.4, -0.2) is 46.0 Å². The number of aliphatic imine (C=N–C) groups is 1. The molecule has 1 saturated heterocycles. The number of ether oxygens (including phenoxy) is 3. The molecule has 0 spiro atoms. The van der Waals surface area contributed by atoms with Crippen molar-refractivity contribution in [3.8, 4) is 11.5 Å². The molecule has 0 aromatic heterocycles. The van der Waals surface area contributed by atoms with Gasteiger partial charge in [-0.15, -0.1) is 0 Å². The maximum absolute atomic E-state index is 6.15. The minimum absolute atomic E-state index is 0.479. The highest BCUT2D eigenvalue weighted by Crippen LogP contribution is 2.23. The average Bonchev–Trinajstić information content (AvgIpc) is 3.31. The van der Waals surface area contributed by atoms with Crippen LogP contribution >= 0.6 is 0 Å². The number of rotatable bonds is 10. The predicted octanol–water partition coefficient (Wildman–Crippen LogP) is 3.72. The van der Waals surface area contributed by atoms with E-state index in [1.165, 1.54) is 11.1 Å². The summed E-state index contributed by atoms with van der Waals surface area (Å²) in [6, 6.07) is 14.5. The summed E-state index contributed by atoms with van der Waals surface area (Å²) in [7, 11) is 1.69. The second kappa shape index (κ2) is 12.2. The Morgan fingerprint density at radius 1 is 1.19 bits per heavy atom. The van der Waals surface area contributed by atoms with Crippen LogP contribution in [0.2, 0.25) is 0 Å². The van der Waals surface area contributed by atoms with Crippen molar-refractivity contribution >= 4 is 5.96 Å². The van der Waals surface area contributed by atoms with Gasteiger partial charge in [-0.2, -0.15) is 0 Å². The van der Waals surface area contributed by atoms with E-state index >= 15 is 0 Å². The summed E-state index contributed by atoms with van der Waals surface area (Å²) in [4.78, 5) is 4.78. The molecular weight excluding hydrogens is 390 g/mol. The zero-order chi connectivity index (χ0) is 21.9. The Morgan fingerprint density at radius 2 is 2.10 bits per heavy atom. The number of hydrogen-bond acceptors (Lipinski definition) is 4. The summed E-state index contributed by atoms with van der Waals surface area (Å²) in [6.45, 7) is 8.64. The van der Waals surface area contributed by atoms with Gasteiger partial charge in [-0.05, 0) is 56.0 Å². The van der Waals surface area contributed by atoms with Gasteiger partial charge < -0.3 is 24.8 Å². The molecule has 6 heteroatoms. The highest BCUT2D eigenvalue weighted by molar-refractivity contribution is 5.79. The SMILES string of the molecule is CCNC(=NCc1ccc(C)cc1OCC1CCOC1)NCCc1cccc(OC)c1. The van der Waals surface area contributed by atoms with Gasteiger partial charge in [0.25, 0.3) is 0 Å². The summed E-state index contributed by atoms with van der Waals surface area (Å²) in [5.41, 5.74) is 3.51. The van der Waals surface area contributed by atoms with Gasteiger partial charge in [0.2, 0.25) is 0 Å². The van der Waals surface area contributed by atoms with Crippen molar-refractivity contribution < 1.29 is 14.2 Å². The first-order valence-electron chi connectivity index (χ1n) is 11.1. The quantitative estimate of drug-likeness (QED) is 0.449. The van der Waals surface area contributed by atoms with Gasteiger partial charge >= 0.3 is 0 Å². The summed E-state index contributed by atoms with van der Waals surface area (Å²) in [5.74, 6) is 3.09. The summed E-state index contributed by atoms with van der Waals surface area (Å²) >= 11 is 0. The van der Waals surface area contributed by atoms with Gasteiger partial charge in [0.05, 0.1) is 26.9 Å². The molecule has 1 fully saturated rings. The Hall–Kier alpha value is -2.73. The molecule has 168 valence electrons. The van der Waals surface area contributed by atoms with E-state index in [0.717, 1.165) is 62.2 Å². The fourth-order valence-corrected chi connectivity index (χ4v) is 3.51. The van der Waals surface area contributed by atoms with Gasteiger partial charge in [0.1, 0.15) is 11.5 Å². The number of hydrogen-bond donors (Lipinski definition) is 2. The smallest absolute Gasteiger partial charge is 0.191 e. The second-order valence-corrected chi connectivity index (χ2v) is 7.88. The first kappa shape index (κ1) is 22.9. The van der Waals surface area contributed by atoms with E-state index in [1.54, 1.807) is 7.11 Å². The maximum Gasteiger partial charge on any atom is 0.191 e. The topological polar surface area (TPSA) is 64.1 Å². The van der Waals surface area contributed by atoms with Crippen molar-refractivity contribution in [2.45, 2.75) is 33.2 Å². The Morgan fingerprint density at radius 3 is 2.87 bits per heavy atom. The number of benzene rings is 2. The maximum atomic E-state index is 6.15. The number of nitrogens with zero attached hydrogens (tertiary/aromatic N) is 1. The van der Waals surface area contributed by atoms with Gasteiger partial charge in [0, 0.05) is 31.2 Å². The van der Waals surface area contributed by atoms with Gasteiger partial charge in [0.15, 0.2) is 5.96 Å². The molecule has 2 aromatic carbocycles. The van der Waals surface area contributed by atoms with Crippen LogP contribution in [0.5, 0.6) is 11.5 Å². The molecule has 0 saturated carbocycles. The fraction of sp³-hybridized carbons (Fsp3) is 0.480. The minimum atomic E-state index is 0.479.